The molecule has 0 unspecified atom stereocenters. The molecule has 0 fully saturated rings. The minimum Gasteiger partial charge on any atom is -0.753 e. The third kappa shape index (κ3) is 11.2. The molecule has 0 amide bonds. The Morgan fingerprint density at radius 2 is 1.47 bits per heavy atom. The van der Waals surface area contributed by atoms with Crippen molar-refractivity contribution in [2.75, 3.05) is 0 Å². The van der Waals surface area contributed by atoms with Crippen molar-refractivity contribution >= 4 is 66.2 Å². The molecule has 0 bridgehead atoms. The number of isothiocyanates is 1. The number of hydrogen-bond acceptors (Lipinski definition) is 9. The summed E-state index contributed by atoms with van der Waals surface area (Å²) in [5, 5.41) is 26.9. The number of aromatic nitrogens is 6. The first-order valence-corrected chi connectivity index (χ1v) is 19.7. The number of thiocarbonyl (C=S) groups is 1. The number of halogens is 3. The molecule has 0 aliphatic carbocycles. The molecule has 7 aromatic heterocycles. The van der Waals surface area contributed by atoms with Gasteiger partial charge in [0.25, 0.3) is 0 Å². The Morgan fingerprint density at radius 1 is 0.793 bits per heavy atom. The molecule has 16 heteroatoms. The van der Waals surface area contributed by atoms with Crippen LogP contribution in [0.3, 0.4) is 0 Å². The van der Waals surface area contributed by atoms with Crippen molar-refractivity contribution in [3.05, 3.63) is 131 Å². The van der Waals surface area contributed by atoms with Crippen molar-refractivity contribution in [2.45, 2.75) is 45.2 Å². The van der Waals surface area contributed by atoms with Crippen LogP contribution in [0, 0.1) is 0 Å². The van der Waals surface area contributed by atoms with E-state index < -0.39 is 17.8 Å². The third-order valence-electron chi connectivity index (χ3n) is 8.56. The molecule has 58 heavy (non-hydrogen) atoms. The summed E-state index contributed by atoms with van der Waals surface area (Å²) in [6.07, 6.45) is 6.45. The summed E-state index contributed by atoms with van der Waals surface area (Å²) in [6.45, 7) is 2.23. The summed E-state index contributed by atoms with van der Waals surface area (Å²) >= 11 is 7.24. The summed E-state index contributed by atoms with van der Waals surface area (Å²) in [6, 6.07) is 27.5. The van der Waals surface area contributed by atoms with Crippen molar-refractivity contribution in [1.29, 1.82) is 0 Å². The van der Waals surface area contributed by atoms with E-state index in [-0.39, 0.29) is 30.7 Å². The minimum absolute atomic E-state index is 0. The molecule has 0 aliphatic rings. The standard InChI is InChI=1S/C25H21F3N3S2.C16H11N3O2.CNS.Ru/c1-2-3-4-5-6-18-9-16-11-23-17(13-22(16)32-18)12-21(33-23)15-7-8-29-19(10-15)20-14-24(31-30-20)25(26,27)28;20-16(21)11-7-9-18-15(10-11)14-6-3-5-13(19-14)12-4-1-2-8-17-12;2-1-3;/h7-14H,2-6H2,1H3;1-10H,(H,20,21);;/q-1;;-1;+2. The Bertz CT molecular complexity index is 2610. The first-order chi connectivity index (χ1) is 27.6. The number of carboxylic acid groups (broad SMARTS) is 1. The van der Waals surface area contributed by atoms with Crippen molar-refractivity contribution in [3.63, 3.8) is 0 Å². The predicted molar refractivity (Wildman–Crippen MR) is 223 cm³/mol. The van der Waals surface area contributed by atoms with Crippen LogP contribution in [0.15, 0.2) is 110 Å². The fraction of sp³-hybridized carbons (Fsp3) is 0.167. The number of pyridine rings is 4. The second kappa shape index (κ2) is 20.4. The number of benzene rings is 1. The number of rotatable bonds is 10. The maximum atomic E-state index is 12.9. The molecule has 9 nitrogen and oxygen atoms in total. The fourth-order valence-corrected chi connectivity index (χ4v) is 8.06. The molecule has 8 aromatic rings. The first-order valence-electron chi connectivity index (χ1n) is 17.7. The van der Waals surface area contributed by atoms with Gasteiger partial charge in [-0.05, 0) is 108 Å². The number of aromatic carboxylic acids is 1. The van der Waals surface area contributed by atoms with Gasteiger partial charge in [-0.1, -0.05) is 56.2 Å². The fourth-order valence-electron chi connectivity index (χ4n) is 5.84. The van der Waals surface area contributed by atoms with Gasteiger partial charge in [0.05, 0.1) is 34.0 Å². The molecule has 0 spiro atoms. The van der Waals surface area contributed by atoms with E-state index in [9.17, 15) is 18.0 Å². The van der Waals surface area contributed by atoms with Gasteiger partial charge in [-0.3, -0.25) is 15.0 Å². The van der Waals surface area contributed by atoms with Crippen molar-refractivity contribution in [2.24, 2.45) is 0 Å². The number of aryl methyl sites for hydroxylation is 1. The molecule has 7 heterocycles. The number of carbonyl (C=O) groups is 1. The summed E-state index contributed by atoms with van der Waals surface area (Å²) in [7, 11) is 0. The maximum absolute atomic E-state index is 12.9. The maximum Gasteiger partial charge on any atom is 2.00 e. The van der Waals surface area contributed by atoms with E-state index in [1.54, 1.807) is 35.9 Å². The van der Waals surface area contributed by atoms with E-state index in [1.807, 2.05) is 47.7 Å². The zero-order valence-corrected chi connectivity index (χ0v) is 34.8. The van der Waals surface area contributed by atoms with E-state index in [0.717, 1.165) is 34.3 Å². The van der Waals surface area contributed by atoms with Gasteiger partial charge in [0.1, 0.15) is 5.69 Å². The predicted octanol–water partition coefficient (Wildman–Crippen LogP) is 11.9. The molecule has 1 N–H and O–H groups in total. The smallest absolute Gasteiger partial charge is 0.753 e. The molecule has 0 aliphatic heterocycles. The van der Waals surface area contributed by atoms with Crippen LogP contribution in [0.2, 0.25) is 0 Å². The van der Waals surface area contributed by atoms with Crippen LogP contribution < -0.4 is 5.10 Å². The second-order valence-electron chi connectivity index (χ2n) is 12.6. The van der Waals surface area contributed by atoms with Gasteiger partial charge >= 0.3 is 31.6 Å². The SMILES string of the molecule is CCCCCCc1cc2cc3sc(-c4ccnc(-c5cc(C(F)(F)F)n[n-]5)c4)cc3cc2s1.O=C(O)c1ccnc(-c2cccc(-c3ccccn3)n2)c1.[N-]=C=S.[Ru+2]. The van der Waals surface area contributed by atoms with Gasteiger partial charge in [-0.25, -0.2) is 9.78 Å². The van der Waals surface area contributed by atoms with Crippen molar-refractivity contribution < 1.29 is 42.6 Å². The first kappa shape index (κ1) is 43.7. The Morgan fingerprint density at radius 3 is 2.16 bits per heavy atom. The summed E-state index contributed by atoms with van der Waals surface area (Å²) in [5.74, 6) is -0.987. The molecule has 0 radical (unpaired) electrons. The van der Waals surface area contributed by atoms with Gasteiger partial charge in [0, 0.05) is 37.7 Å². The molecule has 8 rings (SSSR count). The molecular weight excluding hydrogens is 889 g/mol. The third-order valence-corrected chi connectivity index (χ3v) is 10.9. The van der Waals surface area contributed by atoms with Crippen LogP contribution in [-0.2, 0) is 32.1 Å². The Hall–Kier alpha value is -5.37. The summed E-state index contributed by atoms with van der Waals surface area (Å²) in [4.78, 5) is 30.6. The van der Waals surface area contributed by atoms with E-state index in [4.69, 9.17) is 10.5 Å². The normalized spacial score (nSPS) is 10.8. The molecular formula is C42H32F3N7O2RuS3. The zero-order chi connectivity index (χ0) is 40.4. The van der Waals surface area contributed by atoms with Crippen LogP contribution in [0.25, 0.3) is 70.2 Å². The van der Waals surface area contributed by atoms with E-state index in [2.05, 4.69) is 73.5 Å². The zero-order valence-electron chi connectivity index (χ0n) is 30.6. The number of carboxylic acids is 1. The van der Waals surface area contributed by atoms with E-state index in [0.29, 0.717) is 17.1 Å². The van der Waals surface area contributed by atoms with E-state index in [1.165, 1.54) is 74.2 Å². The molecule has 0 saturated carbocycles. The van der Waals surface area contributed by atoms with Gasteiger partial charge in [0.15, 0.2) is 0 Å². The second-order valence-corrected chi connectivity index (χ2v) is 15.0. The average Bonchev–Trinajstić information content (AvgIpc) is 3.98. The quantitative estimate of drug-likeness (QED) is 0.0615. The summed E-state index contributed by atoms with van der Waals surface area (Å²) in [5.41, 5.74) is 3.19. The Balaban J connectivity index is 0.000000221. The number of nitrogens with zero attached hydrogens (tertiary/aromatic N) is 7. The Kier molecular flexibility index (Phi) is 15.4. The number of fused-ring (bicyclic) bond motifs is 2. The van der Waals surface area contributed by atoms with Crippen LogP contribution in [-0.4, -0.2) is 41.3 Å². The molecule has 1 aromatic carbocycles. The van der Waals surface area contributed by atoms with Gasteiger partial charge < -0.3 is 20.7 Å². The van der Waals surface area contributed by atoms with Crippen LogP contribution >= 0.6 is 34.9 Å². The molecule has 294 valence electrons. The number of hydrogen-bond donors (Lipinski definition) is 1. The number of thiophene rings is 2. The number of alkyl halides is 3. The summed E-state index contributed by atoms with van der Waals surface area (Å²) < 4.78 is 41.1. The van der Waals surface area contributed by atoms with Gasteiger partial charge in [-0.2, -0.15) is 18.3 Å². The van der Waals surface area contributed by atoms with Crippen LogP contribution in [0.1, 0.15) is 53.5 Å². The average molecular weight is 921 g/mol. The van der Waals surface area contributed by atoms with Crippen LogP contribution in [0.5, 0.6) is 0 Å². The molecule has 0 saturated heterocycles. The van der Waals surface area contributed by atoms with Gasteiger partial charge in [0.2, 0.25) is 0 Å². The molecule has 0 atom stereocenters. The largest absolute Gasteiger partial charge is 2.00 e. The van der Waals surface area contributed by atoms with Crippen LogP contribution in [0.4, 0.5) is 13.2 Å². The topological polar surface area (TPSA) is 138 Å². The number of unbranched alkanes of at least 4 members (excludes halogenated alkanes) is 3. The van der Waals surface area contributed by atoms with Gasteiger partial charge in [-0.15, -0.1) is 22.7 Å². The monoisotopic (exact) mass is 921 g/mol. The minimum atomic E-state index is -4.52. The Labute approximate surface area is 357 Å². The van der Waals surface area contributed by atoms with Crippen molar-refractivity contribution in [1.82, 2.24) is 30.1 Å². The van der Waals surface area contributed by atoms with Crippen molar-refractivity contribution in [3.8, 4) is 44.6 Å². The van der Waals surface area contributed by atoms with E-state index >= 15 is 0 Å².